The van der Waals surface area contributed by atoms with Gasteiger partial charge in [-0.2, -0.15) is 9.65 Å². The summed E-state index contributed by atoms with van der Waals surface area (Å²) in [6.07, 6.45) is 4.32. The summed E-state index contributed by atoms with van der Waals surface area (Å²) in [7, 11) is 1.32. The summed E-state index contributed by atoms with van der Waals surface area (Å²) in [5.41, 5.74) is 1.11. The molecule has 0 bridgehead atoms. The molecule has 25 heavy (non-hydrogen) atoms. The number of aromatic nitrogens is 2. The molecular formula is C19H13F2N3O. The van der Waals surface area contributed by atoms with Crippen molar-refractivity contribution in [3.05, 3.63) is 65.7 Å². The fourth-order valence-corrected chi connectivity index (χ4v) is 2.82. The van der Waals surface area contributed by atoms with E-state index in [1.165, 1.54) is 37.8 Å². The highest BCUT2D eigenvalue weighted by molar-refractivity contribution is 5.84. The Labute approximate surface area is 143 Å². The van der Waals surface area contributed by atoms with Gasteiger partial charge in [-0.1, -0.05) is 0 Å². The van der Waals surface area contributed by atoms with Crippen molar-refractivity contribution in [3.8, 4) is 34.1 Å². The molecule has 0 atom stereocenters. The van der Waals surface area contributed by atoms with E-state index in [4.69, 9.17) is 4.74 Å². The molecule has 0 N–H and O–H groups in total. The summed E-state index contributed by atoms with van der Waals surface area (Å²) in [5.74, 6) is -1.53. The largest absolute Gasteiger partial charge is 0.495 e. The van der Waals surface area contributed by atoms with Crippen molar-refractivity contribution in [1.29, 1.82) is 5.26 Å². The van der Waals surface area contributed by atoms with E-state index in [9.17, 15) is 9.65 Å². The Bertz CT molecular complexity index is 982. The molecule has 1 aromatic carbocycles. The molecule has 6 heteroatoms. The lowest BCUT2D eigenvalue weighted by atomic mass is 9.90. The first kappa shape index (κ1) is 16.5. The van der Waals surface area contributed by atoms with Crippen LogP contribution in [0.1, 0.15) is 11.1 Å². The third kappa shape index (κ3) is 2.70. The van der Waals surface area contributed by atoms with Gasteiger partial charge in [0.2, 0.25) is 5.95 Å². The fraction of sp³-hybridized carbons (Fsp3) is 0.105. The Morgan fingerprint density at radius 2 is 1.80 bits per heavy atom. The first-order chi connectivity index (χ1) is 12.1. The van der Waals surface area contributed by atoms with Gasteiger partial charge in [0, 0.05) is 29.7 Å². The summed E-state index contributed by atoms with van der Waals surface area (Å²) in [6.45, 7) is 1.63. The van der Waals surface area contributed by atoms with Gasteiger partial charge in [-0.15, -0.1) is 0 Å². The zero-order chi connectivity index (χ0) is 18.0. The number of nitriles is 1. The predicted molar refractivity (Wildman–Crippen MR) is 88.8 cm³/mol. The van der Waals surface area contributed by atoms with Gasteiger partial charge in [0.05, 0.1) is 18.2 Å². The summed E-state index contributed by atoms with van der Waals surface area (Å²) in [4.78, 5) is 7.49. The highest BCUT2D eigenvalue weighted by Gasteiger charge is 2.26. The molecule has 0 unspecified atom stereocenters. The second-order valence-corrected chi connectivity index (χ2v) is 5.29. The minimum atomic E-state index is -0.840. The maximum Gasteiger partial charge on any atom is 0.220 e. The molecule has 2 heterocycles. The molecule has 3 rings (SSSR count). The highest BCUT2D eigenvalue weighted by Crippen LogP contribution is 2.43. The lowest BCUT2D eigenvalue weighted by molar-refractivity contribution is 0.411. The molecule has 124 valence electrons. The van der Waals surface area contributed by atoms with Crippen LogP contribution in [0.5, 0.6) is 5.75 Å². The molecule has 0 saturated heterocycles. The smallest absolute Gasteiger partial charge is 0.220 e. The Kier molecular flexibility index (Phi) is 4.40. The quantitative estimate of drug-likeness (QED) is 0.670. The third-order valence-corrected chi connectivity index (χ3v) is 3.96. The van der Waals surface area contributed by atoms with Gasteiger partial charge in [-0.25, -0.2) is 9.37 Å². The van der Waals surface area contributed by atoms with Crippen LogP contribution in [0.2, 0.25) is 0 Å². The molecule has 0 spiro atoms. The first-order valence-corrected chi connectivity index (χ1v) is 7.41. The van der Waals surface area contributed by atoms with E-state index < -0.39 is 11.8 Å². The molecule has 0 amide bonds. The van der Waals surface area contributed by atoms with Crippen molar-refractivity contribution in [3.63, 3.8) is 0 Å². The van der Waals surface area contributed by atoms with E-state index >= 15 is 4.39 Å². The van der Waals surface area contributed by atoms with Gasteiger partial charge >= 0.3 is 0 Å². The lowest BCUT2D eigenvalue weighted by Crippen LogP contribution is -2.03. The van der Waals surface area contributed by atoms with E-state index in [1.807, 2.05) is 6.07 Å². The topological polar surface area (TPSA) is 58.8 Å². The van der Waals surface area contributed by atoms with E-state index in [0.29, 0.717) is 11.1 Å². The number of pyridine rings is 2. The Morgan fingerprint density at radius 3 is 2.40 bits per heavy atom. The number of halogens is 2. The minimum absolute atomic E-state index is 0.0118. The maximum atomic E-state index is 15.4. The standard InChI is InChI=1S/C19H13F2N3O/c1-11-14(10-22)18(25-2)16(13-4-3-7-24-19(13)21)17(20)15(11)12-5-8-23-9-6-12/h3-9H,1-2H3. The first-order valence-electron chi connectivity index (χ1n) is 7.41. The fourth-order valence-electron chi connectivity index (χ4n) is 2.82. The predicted octanol–water partition coefficient (Wildman–Crippen LogP) is 4.28. The molecule has 0 fully saturated rings. The second kappa shape index (κ2) is 6.65. The number of hydrogen-bond acceptors (Lipinski definition) is 4. The molecule has 0 saturated carbocycles. The monoisotopic (exact) mass is 337 g/mol. The van der Waals surface area contributed by atoms with E-state index in [1.54, 1.807) is 19.1 Å². The van der Waals surface area contributed by atoms with E-state index in [2.05, 4.69) is 9.97 Å². The van der Waals surface area contributed by atoms with Crippen LogP contribution in [0, 0.1) is 30.0 Å². The van der Waals surface area contributed by atoms with Crippen LogP contribution in [0.3, 0.4) is 0 Å². The summed E-state index contributed by atoms with van der Waals surface area (Å²) in [5, 5.41) is 9.56. The average Bonchev–Trinajstić information content (AvgIpc) is 2.63. The maximum absolute atomic E-state index is 15.4. The highest BCUT2D eigenvalue weighted by atomic mass is 19.1. The number of rotatable bonds is 3. The Morgan fingerprint density at radius 1 is 1.08 bits per heavy atom. The minimum Gasteiger partial charge on any atom is -0.495 e. The van der Waals surface area contributed by atoms with Crippen molar-refractivity contribution in [2.24, 2.45) is 0 Å². The van der Waals surface area contributed by atoms with Crippen LogP contribution >= 0.6 is 0 Å². The molecule has 0 aliphatic rings. The number of benzene rings is 1. The zero-order valence-corrected chi connectivity index (χ0v) is 13.5. The third-order valence-electron chi connectivity index (χ3n) is 3.96. The normalized spacial score (nSPS) is 10.4. The van der Waals surface area contributed by atoms with Gasteiger partial charge in [-0.05, 0) is 42.3 Å². The molecule has 2 aromatic heterocycles. The van der Waals surface area contributed by atoms with Crippen LogP contribution in [0.15, 0.2) is 42.9 Å². The Hall–Kier alpha value is -3.33. The SMILES string of the molecule is COc1c(C#N)c(C)c(-c2ccncc2)c(F)c1-c1cccnc1F. The average molecular weight is 337 g/mol. The number of methoxy groups -OCH3 is 1. The summed E-state index contributed by atoms with van der Waals surface area (Å²) in [6, 6.07) is 8.18. The van der Waals surface area contributed by atoms with Gasteiger partial charge in [0.25, 0.3) is 0 Å². The molecule has 0 aliphatic carbocycles. The molecular weight excluding hydrogens is 324 g/mol. The van der Waals surface area contributed by atoms with Crippen LogP contribution in [-0.4, -0.2) is 17.1 Å². The summed E-state index contributed by atoms with van der Waals surface area (Å²) < 4.78 is 34.9. The van der Waals surface area contributed by atoms with E-state index in [-0.39, 0.29) is 28.0 Å². The lowest BCUT2D eigenvalue weighted by Gasteiger charge is -2.18. The van der Waals surface area contributed by atoms with Crippen molar-refractivity contribution in [2.75, 3.05) is 7.11 Å². The molecule has 4 nitrogen and oxygen atoms in total. The van der Waals surface area contributed by atoms with Crippen LogP contribution in [-0.2, 0) is 0 Å². The van der Waals surface area contributed by atoms with Gasteiger partial charge in [0.1, 0.15) is 17.6 Å². The van der Waals surface area contributed by atoms with Gasteiger partial charge < -0.3 is 4.74 Å². The van der Waals surface area contributed by atoms with Crippen molar-refractivity contribution in [1.82, 2.24) is 9.97 Å². The zero-order valence-electron chi connectivity index (χ0n) is 13.5. The van der Waals surface area contributed by atoms with Crippen molar-refractivity contribution < 1.29 is 13.5 Å². The Balaban J connectivity index is 2.47. The van der Waals surface area contributed by atoms with E-state index in [0.717, 1.165) is 0 Å². The number of nitrogens with zero attached hydrogens (tertiary/aromatic N) is 3. The molecule has 0 aliphatic heterocycles. The molecule has 3 aromatic rings. The second-order valence-electron chi connectivity index (χ2n) is 5.29. The number of hydrogen-bond donors (Lipinski definition) is 0. The van der Waals surface area contributed by atoms with Crippen LogP contribution < -0.4 is 4.74 Å². The van der Waals surface area contributed by atoms with Gasteiger partial charge in [-0.3, -0.25) is 4.98 Å². The molecule has 0 radical (unpaired) electrons. The van der Waals surface area contributed by atoms with Crippen molar-refractivity contribution >= 4 is 0 Å². The summed E-state index contributed by atoms with van der Waals surface area (Å²) >= 11 is 0. The van der Waals surface area contributed by atoms with Crippen LogP contribution in [0.25, 0.3) is 22.3 Å². The van der Waals surface area contributed by atoms with Crippen LogP contribution in [0.4, 0.5) is 8.78 Å². The van der Waals surface area contributed by atoms with Gasteiger partial charge in [0.15, 0.2) is 0 Å². The van der Waals surface area contributed by atoms with Crippen molar-refractivity contribution in [2.45, 2.75) is 6.92 Å². The number of ether oxygens (including phenoxy) is 1.